The van der Waals surface area contributed by atoms with Crippen LogP contribution in [0.2, 0.25) is 0 Å². The third-order valence-corrected chi connectivity index (χ3v) is 6.55. The number of carboxylic acid groups (broad SMARTS) is 1. The minimum absolute atomic E-state index is 0. The maximum Gasteiger partial charge on any atom is 1.00 e. The van der Waals surface area contributed by atoms with E-state index in [4.69, 9.17) is 0 Å². The van der Waals surface area contributed by atoms with Gasteiger partial charge < -0.3 is 25.0 Å². The van der Waals surface area contributed by atoms with Crippen molar-refractivity contribution in [1.82, 2.24) is 14.7 Å². The second-order valence-electron chi connectivity index (χ2n) is 10.00. The van der Waals surface area contributed by atoms with Crippen molar-refractivity contribution in [1.29, 1.82) is 0 Å². The Balaban J connectivity index is 0.00000533. The Morgan fingerprint density at radius 2 is 1.72 bits per heavy atom. The van der Waals surface area contributed by atoms with Crippen LogP contribution < -0.4 is 34.7 Å². The SMILES string of the molecule is Cc1ccccc1CN(C)C(=O)c1nn(-c2ccc(F)cc2)c(CC[C@@H](O)C[C@@H](O)CC(=O)[O-])c1C(C)C.[Na+]. The van der Waals surface area contributed by atoms with E-state index in [-0.39, 0.29) is 59.9 Å². The van der Waals surface area contributed by atoms with Crippen LogP contribution in [0.5, 0.6) is 0 Å². The molecule has 1 heterocycles. The van der Waals surface area contributed by atoms with Gasteiger partial charge in [0, 0.05) is 37.2 Å². The van der Waals surface area contributed by atoms with E-state index in [9.17, 15) is 29.3 Å². The van der Waals surface area contributed by atoms with Crippen molar-refractivity contribution >= 4 is 11.9 Å². The first-order valence-corrected chi connectivity index (χ1v) is 12.7. The molecule has 0 fully saturated rings. The van der Waals surface area contributed by atoms with E-state index >= 15 is 0 Å². The number of aromatic nitrogens is 2. The molecule has 0 spiro atoms. The van der Waals surface area contributed by atoms with Crippen LogP contribution in [0, 0.1) is 12.7 Å². The molecule has 1 aromatic heterocycles. The molecule has 0 bridgehead atoms. The predicted molar refractivity (Wildman–Crippen MR) is 139 cm³/mol. The van der Waals surface area contributed by atoms with E-state index in [1.165, 1.54) is 12.1 Å². The number of benzene rings is 2. The maximum atomic E-state index is 13.7. The summed E-state index contributed by atoms with van der Waals surface area (Å²) in [7, 11) is 1.72. The Morgan fingerprint density at radius 3 is 2.31 bits per heavy atom. The van der Waals surface area contributed by atoms with Gasteiger partial charge in [-0.3, -0.25) is 4.79 Å². The second-order valence-corrected chi connectivity index (χ2v) is 10.00. The van der Waals surface area contributed by atoms with E-state index in [2.05, 4.69) is 5.10 Å². The molecule has 0 aliphatic heterocycles. The molecular weight excluding hydrogens is 512 g/mol. The fourth-order valence-corrected chi connectivity index (χ4v) is 4.57. The number of aryl methyl sites for hydroxylation is 1. The van der Waals surface area contributed by atoms with Crippen LogP contribution in [0.15, 0.2) is 48.5 Å². The summed E-state index contributed by atoms with van der Waals surface area (Å²) in [6.07, 6.45) is -2.40. The van der Waals surface area contributed by atoms with Crippen LogP contribution in [-0.2, 0) is 17.8 Å². The molecule has 1 amide bonds. The molecule has 0 aliphatic rings. The second kappa shape index (κ2) is 14.7. The van der Waals surface area contributed by atoms with Crippen molar-refractivity contribution in [3.05, 3.63) is 82.4 Å². The molecule has 39 heavy (non-hydrogen) atoms. The standard InChI is InChI=1S/C29H36FN3O5.Na/c1-18(2)27-25(14-13-23(34)15-24(35)16-26(36)37)33(22-11-9-21(30)10-12-22)31-28(27)29(38)32(4)17-20-8-6-5-7-19(20)3;/h5-12,18,23-24,34-35H,13-17H2,1-4H3,(H,36,37);/q;+1/p-1/t23-,24-;/m1./s1. The van der Waals surface area contributed by atoms with Gasteiger partial charge in [0.25, 0.3) is 5.91 Å². The first-order valence-electron chi connectivity index (χ1n) is 12.7. The van der Waals surface area contributed by atoms with Crippen molar-refractivity contribution in [2.24, 2.45) is 0 Å². The Labute approximate surface area is 250 Å². The summed E-state index contributed by atoms with van der Waals surface area (Å²) in [5.74, 6) is -2.15. The van der Waals surface area contributed by atoms with Crippen molar-refractivity contribution < 1.29 is 58.9 Å². The molecule has 3 rings (SSSR count). The molecule has 2 N–H and O–H groups in total. The first-order chi connectivity index (χ1) is 18.0. The molecular formula is C29H35FN3NaO5. The zero-order chi connectivity index (χ0) is 28.0. The monoisotopic (exact) mass is 547 g/mol. The Morgan fingerprint density at radius 1 is 1.08 bits per heavy atom. The summed E-state index contributed by atoms with van der Waals surface area (Å²) in [6.45, 7) is 6.29. The normalized spacial score (nSPS) is 12.6. The van der Waals surface area contributed by atoms with Crippen LogP contribution in [0.4, 0.5) is 4.39 Å². The van der Waals surface area contributed by atoms with Gasteiger partial charge in [-0.2, -0.15) is 5.10 Å². The van der Waals surface area contributed by atoms with E-state index in [0.29, 0.717) is 24.3 Å². The number of hydrogen-bond acceptors (Lipinski definition) is 6. The number of aliphatic hydroxyl groups is 2. The van der Waals surface area contributed by atoms with Gasteiger partial charge in [0.1, 0.15) is 5.82 Å². The van der Waals surface area contributed by atoms with Gasteiger partial charge in [-0.15, -0.1) is 0 Å². The molecule has 2 aromatic carbocycles. The molecule has 0 saturated heterocycles. The average molecular weight is 548 g/mol. The average Bonchev–Trinajstić information content (AvgIpc) is 3.23. The number of nitrogens with zero attached hydrogens (tertiary/aromatic N) is 3. The summed E-state index contributed by atoms with van der Waals surface area (Å²) in [5, 5.41) is 35.8. The third-order valence-electron chi connectivity index (χ3n) is 6.55. The first kappa shape index (κ1) is 32.7. The topological polar surface area (TPSA) is 119 Å². The molecule has 0 aliphatic carbocycles. The zero-order valence-electron chi connectivity index (χ0n) is 23.2. The van der Waals surface area contributed by atoms with Gasteiger partial charge in [-0.05, 0) is 67.5 Å². The zero-order valence-corrected chi connectivity index (χ0v) is 25.2. The van der Waals surface area contributed by atoms with Crippen molar-refractivity contribution in [2.45, 2.75) is 71.1 Å². The van der Waals surface area contributed by atoms with E-state index in [0.717, 1.165) is 16.7 Å². The molecule has 0 saturated carbocycles. The number of halogens is 1. The van der Waals surface area contributed by atoms with Gasteiger partial charge in [-0.25, -0.2) is 9.07 Å². The molecule has 8 nitrogen and oxygen atoms in total. The molecule has 204 valence electrons. The fraction of sp³-hybridized carbons (Fsp3) is 0.414. The molecule has 2 atom stereocenters. The minimum atomic E-state index is -1.39. The van der Waals surface area contributed by atoms with Crippen LogP contribution in [0.25, 0.3) is 5.69 Å². The van der Waals surface area contributed by atoms with Gasteiger partial charge in [0.15, 0.2) is 5.69 Å². The molecule has 0 unspecified atom stereocenters. The summed E-state index contributed by atoms with van der Waals surface area (Å²) >= 11 is 0. The summed E-state index contributed by atoms with van der Waals surface area (Å²) in [5.41, 5.74) is 4.35. The third kappa shape index (κ3) is 8.71. The number of hydrogen-bond donors (Lipinski definition) is 2. The number of aliphatic hydroxyl groups excluding tert-OH is 2. The smallest absolute Gasteiger partial charge is 0.550 e. The number of carbonyl (C=O) groups is 2. The van der Waals surface area contributed by atoms with Crippen LogP contribution in [-0.4, -0.2) is 56.0 Å². The summed E-state index contributed by atoms with van der Waals surface area (Å²) in [6, 6.07) is 13.6. The largest absolute Gasteiger partial charge is 1.00 e. The van der Waals surface area contributed by atoms with Gasteiger partial charge >= 0.3 is 29.6 Å². The number of amides is 1. The Kier molecular flexibility index (Phi) is 12.3. The Hall–Kier alpha value is -2.56. The van der Waals surface area contributed by atoms with E-state index in [1.54, 1.807) is 28.8 Å². The Bertz CT molecular complexity index is 1260. The van der Waals surface area contributed by atoms with E-state index < -0.39 is 30.4 Å². The quantitative estimate of drug-likeness (QED) is 0.306. The fourth-order valence-electron chi connectivity index (χ4n) is 4.57. The van der Waals surface area contributed by atoms with Crippen LogP contribution >= 0.6 is 0 Å². The maximum absolute atomic E-state index is 13.7. The van der Waals surface area contributed by atoms with Crippen LogP contribution in [0.1, 0.15) is 71.9 Å². The number of aliphatic carboxylic acids is 1. The van der Waals surface area contributed by atoms with Crippen molar-refractivity contribution in [3.8, 4) is 5.69 Å². The molecule has 10 heteroatoms. The number of carbonyl (C=O) groups excluding carboxylic acids is 2. The minimum Gasteiger partial charge on any atom is -0.550 e. The van der Waals surface area contributed by atoms with Gasteiger partial charge in [0.05, 0.1) is 17.9 Å². The van der Waals surface area contributed by atoms with Gasteiger partial charge in [-0.1, -0.05) is 38.1 Å². The van der Waals surface area contributed by atoms with Gasteiger partial charge in [0.2, 0.25) is 0 Å². The number of carboxylic acids is 1. The molecule has 3 aromatic rings. The predicted octanol–water partition coefficient (Wildman–Crippen LogP) is -0.0961. The summed E-state index contributed by atoms with van der Waals surface area (Å²) in [4.78, 5) is 26.0. The van der Waals surface area contributed by atoms with Crippen molar-refractivity contribution in [2.75, 3.05) is 7.05 Å². The van der Waals surface area contributed by atoms with E-state index in [1.807, 2.05) is 45.0 Å². The molecule has 0 radical (unpaired) electrons. The summed E-state index contributed by atoms with van der Waals surface area (Å²) < 4.78 is 15.3. The van der Waals surface area contributed by atoms with Crippen LogP contribution in [0.3, 0.4) is 0 Å². The number of rotatable bonds is 12. The van der Waals surface area contributed by atoms with Crippen molar-refractivity contribution in [3.63, 3.8) is 0 Å².